The topological polar surface area (TPSA) is 78.4 Å². The molecule has 0 spiro atoms. The first-order chi connectivity index (χ1) is 8.36. The zero-order valence-electron chi connectivity index (χ0n) is 11.8. The first-order valence-electron chi connectivity index (χ1n) is 6.63. The molecular weight excluding hydrogens is 232 g/mol. The number of carbonyl (C=O) groups is 2. The molecule has 5 nitrogen and oxygen atoms in total. The molecule has 18 heavy (non-hydrogen) atoms. The standard InChI is InChI=1S/C13H26N2O3/c1-5-9(2)8-11(4)15-13(18)14-7-6-10(3)12(16)17/h9-11H,5-8H2,1-4H3,(H,16,17)(H2,14,15,18). The molecule has 3 atom stereocenters. The smallest absolute Gasteiger partial charge is 0.314 e. The lowest BCUT2D eigenvalue weighted by molar-refractivity contribution is -0.141. The minimum absolute atomic E-state index is 0.136. The number of hydrogen-bond acceptors (Lipinski definition) is 2. The molecule has 2 amide bonds. The predicted octanol–water partition coefficient (Wildman–Crippen LogP) is 2.22. The Labute approximate surface area is 109 Å². The van der Waals surface area contributed by atoms with E-state index in [2.05, 4.69) is 24.5 Å². The van der Waals surface area contributed by atoms with E-state index in [0.29, 0.717) is 18.9 Å². The molecule has 0 aromatic carbocycles. The lowest BCUT2D eigenvalue weighted by atomic mass is 10.0. The number of rotatable bonds is 8. The van der Waals surface area contributed by atoms with Crippen molar-refractivity contribution < 1.29 is 14.7 Å². The maximum absolute atomic E-state index is 11.5. The zero-order valence-corrected chi connectivity index (χ0v) is 11.8. The van der Waals surface area contributed by atoms with Gasteiger partial charge in [0.15, 0.2) is 0 Å². The van der Waals surface area contributed by atoms with Crippen LogP contribution in [0.1, 0.15) is 47.0 Å². The molecule has 0 rings (SSSR count). The molecule has 0 aromatic heterocycles. The highest BCUT2D eigenvalue weighted by molar-refractivity contribution is 5.74. The minimum Gasteiger partial charge on any atom is -0.481 e. The van der Waals surface area contributed by atoms with Crippen LogP contribution in [0.25, 0.3) is 0 Å². The quantitative estimate of drug-likeness (QED) is 0.624. The summed E-state index contributed by atoms with van der Waals surface area (Å²) in [4.78, 5) is 22.1. The largest absolute Gasteiger partial charge is 0.481 e. The molecule has 0 saturated heterocycles. The van der Waals surface area contributed by atoms with Gasteiger partial charge in [-0.1, -0.05) is 27.2 Å². The zero-order chi connectivity index (χ0) is 14.1. The van der Waals surface area contributed by atoms with E-state index in [0.717, 1.165) is 12.8 Å². The highest BCUT2D eigenvalue weighted by Crippen LogP contribution is 2.09. The number of carboxylic acids is 1. The highest BCUT2D eigenvalue weighted by atomic mass is 16.4. The van der Waals surface area contributed by atoms with Crippen LogP contribution in [-0.2, 0) is 4.79 Å². The van der Waals surface area contributed by atoms with Crippen molar-refractivity contribution in [2.45, 2.75) is 53.0 Å². The number of amides is 2. The van der Waals surface area contributed by atoms with Crippen molar-refractivity contribution in [1.29, 1.82) is 0 Å². The maximum atomic E-state index is 11.5. The number of carboxylic acid groups (broad SMARTS) is 1. The average Bonchev–Trinajstić information content (AvgIpc) is 2.27. The second kappa shape index (κ2) is 8.78. The second-order valence-corrected chi connectivity index (χ2v) is 5.08. The molecule has 5 heteroatoms. The van der Waals surface area contributed by atoms with E-state index in [1.807, 2.05) is 6.92 Å². The van der Waals surface area contributed by atoms with Crippen LogP contribution in [0.3, 0.4) is 0 Å². The molecule has 0 bridgehead atoms. The fraction of sp³-hybridized carbons (Fsp3) is 0.846. The van der Waals surface area contributed by atoms with Gasteiger partial charge in [-0.25, -0.2) is 4.79 Å². The molecule has 3 unspecified atom stereocenters. The summed E-state index contributed by atoms with van der Waals surface area (Å²) in [5.74, 6) is -0.669. The lowest BCUT2D eigenvalue weighted by Gasteiger charge is -2.18. The van der Waals surface area contributed by atoms with Crippen LogP contribution in [-0.4, -0.2) is 29.7 Å². The highest BCUT2D eigenvalue weighted by Gasteiger charge is 2.12. The number of carbonyl (C=O) groups excluding carboxylic acids is 1. The van der Waals surface area contributed by atoms with E-state index in [-0.39, 0.29) is 12.1 Å². The summed E-state index contributed by atoms with van der Waals surface area (Å²) in [6, 6.07) is -0.0831. The predicted molar refractivity (Wildman–Crippen MR) is 71.5 cm³/mol. The van der Waals surface area contributed by atoms with Gasteiger partial charge < -0.3 is 15.7 Å². The molecule has 0 aliphatic carbocycles. The van der Waals surface area contributed by atoms with Crippen molar-refractivity contribution >= 4 is 12.0 Å². The molecule has 0 fully saturated rings. The van der Waals surface area contributed by atoms with E-state index in [1.165, 1.54) is 0 Å². The third kappa shape index (κ3) is 7.92. The maximum Gasteiger partial charge on any atom is 0.314 e. The number of aliphatic carboxylic acids is 1. The number of hydrogen-bond donors (Lipinski definition) is 3. The van der Waals surface area contributed by atoms with E-state index < -0.39 is 11.9 Å². The van der Waals surface area contributed by atoms with Gasteiger partial charge in [-0.3, -0.25) is 4.79 Å². The summed E-state index contributed by atoms with van der Waals surface area (Å²) in [6.07, 6.45) is 2.50. The Balaban J connectivity index is 3.74. The summed E-state index contributed by atoms with van der Waals surface area (Å²) in [5.41, 5.74) is 0. The Morgan fingerprint density at radius 3 is 2.33 bits per heavy atom. The van der Waals surface area contributed by atoms with Gasteiger partial charge in [-0.2, -0.15) is 0 Å². The Morgan fingerprint density at radius 2 is 1.83 bits per heavy atom. The molecule has 0 saturated carbocycles. The van der Waals surface area contributed by atoms with Gasteiger partial charge in [0, 0.05) is 12.6 Å². The molecule has 106 valence electrons. The van der Waals surface area contributed by atoms with Gasteiger partial charge in [0.2, 0.25) is 0 Å². The number of urea groups is 1. The van der Waals surface area contributed by atoms with Gasteiger partial charge in [-0.05, 0) is 25.7 Å². The number of nitrogens with one attached hydrogen (secondary N) is 2. The summed E-state index contributed by atoms with van der Waals surface area (Å²) in [5, 5.41) is 14.2. The van der Waals surface area contributed by atoms with Crippen molar-refractivity contribution in [1.82, 2.24) is 10.6 Å². The lowest BCUT2D eigenvalue weighted by Crippen LogP contribution is -2.42. The fourth-order valence-electron chi connectivity index (χ4n) is 1.63. The van der Waals surface area contributed by atoms with Crippen molar-refractivity contribution in [3.8, 4) is 0 Å². The first kappa shape index (κ1) is 16.7. The molecule has 0 aliphatic heterocycles. The molecule has 0 radical (unpaired) electrons. The van der Waals surface area contributed by atoms with Crippen LogP contribution in [0.15, 0.2) is 0 Å². The third-order valence-corrected chi connectivity index (χ3v) is 3.11. The first-order valence-corrected chi connectivity index (χ1v) is 6.63. The van der Waals surface area contributed by atoms with E-state index in [9.17, 15) is 9.59 Å². The average molecular weight is 258 g/mol. The Bertz CT molecular complexity index is 269. The van der Waals surface area contributed by atoms with Crippen molar-refractivity contribution in [3.05, 3.63) is 0 Å². The minimum atomic E-state index is -0.831. The van der Waals surface area contributed by atoms with Crippen molar-refractivity contribution in [3.63, 3.8) is 0 Å². The van der Waals surface area contributed by atoms with Gasteiger partial charge in [-0.15, -0.1) is 0 Å². The van der Waals surface area contributed by atoms with E-state index in [1.54, 1.807) is 6.92 Å². The van der Waals surface area contributed by atoms with Crippen LogP contribution in [0.4, 0.5) is 4.79 Å². The Kier molecular flexibility index (Phi) is 8.16. The SMILES string of the molecule is CCC(C)CC(C)NC(=O)NCCC(C)C(=O)O. The molecule has 0 heterocycles. The normalized spacial score (nSPS) is 15.6. The summed E-state index contributed by atoms with van der Waals surface area (Å²) < 4.78 is 0. The van der Waals surface area contributed by atoms with Crippen molar-refractivity contribution in [2.24, 2.45) is 11.8 Å². The van der Waals surface area contributed by atoms with Gasteiger partial charge >= 0.3 is 12.0 Å². The second-order valence-electron chi connectivity index (χ2n) is 5.08. The Morgan fingerprint density at radius 1 is 1.22 bits per heavy atom. The van der Waals surface area contributed by atoms with Crippen molar-refractivity contribution in [2.75, 3.05) is 6.54 Å². The summed E-state index contributed by atoms with van der Waals surface area (Å²) in [7, 11) is 0. The van der Waals surface area contributed by atoms with Gasteiger partial charge in [0.05, 0.1) is 5.92 Å². The Hall–Kier alpha value is -1.26. The summed E-state index contributed by atoms with van der Waals surface area (Å²) in [6.45, 7) is 8.28. The van der Waals surface area contributed by atoms with Crippen LogP contribution in [0.2, 0.25) is 0 Å². The molecule has 0 aromatic rings. The monoisotopic (exact) mass is 258 g/mol. The van der Waals surface area contributed by atoms with Crippen LogP contribution < -0.4 is 10.6 Å². The summed E-state index contributed by atoms with van der Waals surface area (Å²) >= 11 is 0. The van der Waals surface area contributed by atoms with Crippen LogP contribution >= 0.6 is 0 Å². The molecule has 3 N–H and O–H groups in total. The van der Waals surface area contributed by atoms with Crippen LogP contribution in [0, 0.1) is 11.8 Å². The van der Waals surface area contributed by atoms with Gasteiger partial charge in [0.25, 0.3) is 0 Å². The van der Waals surface area contributed by atoms with Crippen LogP contribution in [0.5, 0.6) is 0 Å². The van der Waals surface area contributed by atoms with E-state index in [4.69, 9.17) is 5.11 Å². The third-order valence-electron chi connectivity index (χ3n) is 3.11. The molecule has 0 aliphatic rings. The molecular formula is C13H26N2O3. The van der Waals surface area contributed by atoms with Gasteiger partial charge in [0.1, 0.15) is 0 Å². The fourth-order valence-corrected chi connectivity index (χ4v) is 1.63. The van der Waals surface area contributed by atoms with E-state index >= 15 is 0 Å².